The van der Waals surface area contributed by atoms with Crippen molar-refractivity contribution in [3.05, 3.63) is 30.1 Å². The molecule has 2 heterocycles. The summed E-state index contributed by atoms with van der Waals surface area (Å²) in [6.45, 7) is 0.392. The van der Waals surface area contributed by atoms with Crippen LogP contribution in [0.5, 0.6) is 0 Å². The van der Waals surface area contributed by atoms with E-state index in [1.165, 1.54) is 4.90 Å². The van der Waals surface area contributed by atoms with Gasteiger partial charge in [-0.1, -0.05) is 6.07 Å². The quantitative estimate of drug-likeness (QED) is 0.909. The molecule has 2 fully saturated rings. The summed E-state index contributed by atoms with van der Waals surface area (Å²) in [6.07, 6.45) is 6.02. The summed E-state index contributed by atoms with van der Waals surface area (Å²) in [5, 5.41) is 8.97. The van der Waals surface area contributed by atoms with Crippen LogP contribution in [0, 0.1) is 5.41 Å². The lowest BCUT2D eigenvalue weighted by Crippen LogP contribution is -2.48. The Morgan fingerprint density at radius 3 is 2.54 bits per heavy atom. The van der Waals surface area contributed by atoms with Crippen LogP contribution in [0.4, 0.5) is 0 Å². The number of carboxylic acid groups (broad SMARTS) is 1. The standard InChI is InChI=1S/C18H25N3O3/c1-20(2)18(14-5-3-4-10-19-14)8-6-17(7-9-18)11-15(22)21(13-17)12-16(23)24/h3-5,10H,6-9,11-13H2,1-2H3,(H,23,24). The molecule has 1 spiro atoms. The van der Waals surface area contributed by atoms with Gasteiger partial charge in [0.05, 0.1) is 11.2 Å². The molecule has 0 bridgehead atoms. The highest BCUT2D eigenvalue weighted by atomic mass is 16.4. The zero-order valence-corrected chi connectivity index (χ0v) is 14.4. The average molecular weight is 331 g/mol. The summed E-state index contributed by atoms with van der Waals surface area (Å²) in [4.78, 5) is 31.5. The Morgan fingerprint density at radius 1 is 1.29 bits per heavy atom. The number of hydrogen-bond donors (Lipinski definition) is 1. The van der Waals surface area contributed by atoms with E-state index >= 15 is 0 Å². The van der Waals surface area contributed by atoms with E-state index in [0.717, 1.165) is 31.4 Å². The van der Waals surface area contributed by atoms with Gasteiger partial charge in [-0.3, -0.25) is 19.5 Å². The van der Waals surface area contributed by atoms with Crippen LogP contribution in [-0.2, 0) is 15.1 Å². The first-order valence-corrected chi connectivity index (χ1v) is 8.45. The summed E-state index contributed by atoms with van der Waals surface area (Å²) in [7, 11) is 4.17. The van der Waals surface area contributed by atoms with Gasteiger partial charge in [0.15, 0.2) is 0 Å². The van der Waals surface area contributed by atoms with Gasteiger partial charge >= 0.3 is 5.97 Å². The summed E-state index contributed by atoms with van der Waals surface area (Å²) in [5.74, 6) is -0.958. The fourth-order valence-corrected chi connectivity index (χ4v) is 4.39. The third-order valence-electron chi connectivity index (χ3n) is 5.87. The van der Waals surface area contributed by atoms with E-state index in [1.54, 1.807) is 0 Å². The Bertz CT molecular complexity index is 622. The van der Waals surface area contributed by atoms with Crippen molar-refractivity contribution in [3.63, 3.8) is 0 Å². The smallest absolute Gasteiger partial charge is 0.323 e. The topological polar surface area (TPSA) is 73.7 Å². The second kappa shape index (κ2) is 6.16. The highest BCUT2D eigenvalue weighted by Gasteiger charge is 2.50. The first-order chi connectivity index (χ1) is 11.4. The molecule has 1 saturated carbocycles. The molecule has 0 unspecified atom stereocenters. The Kier molecular flexibility index (Phi) is 4.34. The van der Waals surface area contributed by atoms with Gasteiger partial charge in [0.25, 0.3) is 0 Å². The molecule has 0 atom stereocenters. The lowest BCUT2D eigenvalue weighted by Gasteiger charge is -2.48. The third-order valence-corrected chi connectivity index (χ3v) is 5.87. The van der Waals surface area contributed by atoms with E-state index in [1.807, 2.05) is 18.3 Å². The number of carbonyl (C=O) groups excluding carboxylic acids is 1. The Hall–Kier alpha value is -1.95. The molecular formula is C18H25N3O3. The van der Waals surface area contributed by atoms with Gasteiger partial charge in [0.2, 0.25) is 5.91 Å². The maximum Gasteiger partial charge on any atom is 0.323 e. The van der Waals surface area contributed by atoms with Crippen molar-refractivity contribution in [2.75, 3.05) is 27.2 Å². The van der Waals surface area contributed by atoms with Crippen LogP contribution >= 0.6 is 0 Å². The number of nitrogens with zero attached hydrogens (tertiary/aromatic N) is 3. The molecule has 1 N–H and O–H groups in total. The van der Waals surface area contributed by atoms with Crippen LogP contribution in [-0.4, -0.2) is 59.0 Å². The predicted octanol–water partition coefficient (Wildman–Crippen LogP) is 1.72. The largest absolute Gasteiger partial charge is 0.480 e. The molecule has 24 heavy (non-hydrogen) atoms. The molecule has 6 nitrogen and oxygen atoms in total. The zero-order chi connectivity index (χ0) is 17.4. The number of rotatable bonds is 4. The number of pyridine rings is 1. The maximum absolute atomic E-state index is 12.2. The molecule has 2 aliphatic rings. The monoisotopic (exact) mass is 331 g/mol. The number of aliphatic carboxylic acids is 1. The summed E-state index contributed by atoms with van der Waals surface area (Å²) >= 11 is 0. The van der Waals surface area contributed by atoms with Gasteiger partial charge in [-0.2, -0.15) is 0 Å². The molecule has 1 aliphatic heterocycles. The van der Waals surface area contributed by atoms with Gasteiger partial charge in [-0.25, -0.2) is 0 Å². The second-order valence-corrected chi connectivity index (χ2v) is 7.46. The lowest BCUT2D eigenvalue weighted by atomic mass is 9.65. The van der Waals surface area contributed by atoms with Crippen LogP contribution in [0.3, 0.4) is 0 Å². The van der Waals surface area contributed by atoms with Gasteiger partial charge in [0, 0.05) is 19.2 Å². The fraction of sp³-hybridized carbons (Fsp3) is 0.611. The number of hydrogen-bond acceptors (Lipinski definition) is 4. The fourth-order valence-electron chi connectivity index (χ4n) is 4.39. The third kappa shape index (κ3) is 2.90. The van der Waals surface area contributed by atoms with E-state index in [2.05, 4.69) is 30.0 Å². The molecule has 1 saturated heterocycles. The van der Waals surface area contributed by atoms with Crippen molar-refractivity contribution in [2.24, 2.45) is 5.41 Å². The van der Waals surface area contributed by atoms with Gasteiger partial charge in [0.1, 0.15) is 6.54 Å². The number of amides is 1. The SMILES string of the molecule is CN(C)C1(c2ccccn2)CCC2(CC1)CC(=O)N(CC(=O)O)C2. The normalized spacial score (nSPS) is 30.3. The van der Waals surface area contributed by atoms with E-state index < -0.39 is 5.97 Å². The molecule has 0 aromatic carbocycles. The molecule has 3 rings (SSSR count). The molecule has 1 aliphatic carbocycles. The Morgan fingerprint density at radius 2 is 2.00 bits per heavy atom. The van der Waals surface area contributed by atoms with E-state index in [4.69, 9.17) is 5.11 Å². The first-order valence-electron chi connectivity index (χ1n) is 8.45. The maximum atomic E-state index is 12.2. The minimum absolute atomic E-state index is 0.0208. The highest BCUT2D eigenvalue weighted by Crippen LogP contribution is 2.51. The molecule has 6 heteroatoms. The Labute approximate surface area is 142 Å². The van der Waals surface area contributed by atoms with Crippen molar-refractivity contribution >= 4 is 11.9 Å². The van der Waals surface area contributed by atoms with Crippen LogP contribution in [0.2, 0.25) is 0 Å². The lowest BCUT2D eigenvalue weighted by molar-refractivity contribution is -0.142. The number of carbonyl (C=O) groups is 2. The van der Waals surface area contributed by atoms with E-state index in [-0.39, 0.29) is 23.4 Å². The minimum atomic E-state index is -0.938. The van der Waals surface area contributed by atoms with Crippen molar-refractivity contribution in [2.45, 2.75) is 37.6 Å². The second-order valence-electron chi connectivity index (χ2n) is 7.46. The predicted molar refractivity (Wildman–Crippen MR) is 89.3 cm³/mol. The van der Waals surface area contributed by atoms with Crippen molar-refractivity contribution in [1.82, 2.24) is 14.8 Å². The summed E-state index contributed by atoms with van der Waals surface area (Å²) < 4.78 is 0. The zero-order valence-electron chi connectivity index (χ0n) is 14.4. The van der Waals surface area contributed by atoms with Crippen LogP contribution in [0.1, 0.15) is 37.8 Å². The van der Waals surface area contributed by atoms with E-state index in [9.17, 15) is 9.59 Å². The molecule has 0 radical (unpaired) electrons. The van der Waals surface area contributed by atoms with Gasteiger partial charge in [-0.05, 0) is 57.3 Å². The molecule has 130 valence electrons. The number of likely N-dealkylation sites (tertiary alicyclic amines) is 1. The molecular weight excluding hydrogens is 306 g/mol. The minimum Gasteiger partial charge on any atom is -0.480 e. The highest BCUT2D eigenvalue weighted by molar-refractivity contribution is 5.83. The first kappa shape index (κ1) is 16.9. The summed E-state index contributed by atoms with van der Waals surface area (Å²) in [6, 6.07) is 6.02. The molecule has 1 amide bonds. The molecule has 1 aromatic heterocycles. The van der Waals surface area contributed by atoms with Crippen molar-refractivity contribution in [1.29, 1.82) is 0 Å². The average Bonchev–Trinajstić information content (AvgIpc) is 2.84. The number of carboxylic acids is 1. The summed E-state index contributed by atoms with van der Waals surface area (Å²) in [5.41, 5.74) is 0.910. The van der Waals surface area contributed by atoms with Gasteiger partial charge in [-0.15, -0.1) is 0 Å². The van der Waals surface area contributed by atoms with Crippen molar-refractivity contribution in [3.8, 4) is 0 Å². The Balaban J connectivity index is 1.77. The van der Waals surface area contributed by atoms with Crippen molar-refractivity contribution < 1.29 is 14.7 Å². The van der Waals surface area contributed by atoms with Crippen LogP contribution in [0.15, 0.2) is 24.4 Å². The van der Waals surface area contributed by atoms with Gasteiger partial charge < -0.3 is 10.0 Å². The van der Waals surface area contributed by atoms with Crippen LogP contribution in [0.25, 0.3) is 0 Å². The van der Waals surface area contributed by atoms with Crippen LogP contribution < -0.4 is 0 Å². The molecule has 1 aromatic rings. The van der Waals surface area contributed by atoms with E-state index in [0.29, 0.717) is 13.0 Å². The number of aromatic nitrogens is 1.